The Kier molecular flexibility index (Phi) is 11.5. The molecule has 3 unspecified atom stereocenters. The number of unbranched alkanes of at least 4 members (excludes halogenated alkanes) is 3. The third-order valence-electron chi connectivity index (χ3n) is 9.99. The minimum atomic E-state index is -0.709. The van der Waals surface area contributed by atoms with E-state index in [1.54, 1.807) is 28.8 Å². The van der Waals surface area contributed by atoms with Crippen molar-refractivity contribution < 1.29 is 24.2 Å². The smallest absolute Gasteiger partial charge is 0.247 e. The van der Waals surface area contributed by atoms with Gasteiger partial charge in [-0.15, -0.1) is 24.9 Å². The molecule has 1 spiro atoms. The Morgan fingerprint density at radius 3 is 2.38 bits per heavy atom. The Hall–Kier alpha value is -3.56. The van der Waals surface area contributed by atoms with Gasteiger partial charge in [0.2, 0.25) is 17.7 Å². The molecule has 0 aromatic heterocycles. The van der Waals surface area contributed by atoms with Crippen LogP contribution in [0.5, 0.6) is 5.75 Å². The molecule has 3 saturated heterocycles. The molecule has 2 aromatic carbocycles. The number of hydrogen-bond donors (Lipinski definition) is 1. The van der Waals surface area contributed by atoms with E-state index in [2.05, 4.69) is 20.1 Å². The fourth-order valence-electron chi connectivity index (χ4n) is 7.95. The number of ether oxygens (including phenoxy) is 1. The Morgan fingerprint density at radius 2 is 1.72 bits per heavy atom. The second kappa shape index (κ2) is 15.6. The van der Waals surface area contributed by atoms with E-state index in [0.29, 0.717) is 39.2 Å². The molecule has 3 heterocycles. The fourth-order valence-corrected chi connectivity index (χ4v) is 10.4. The Balaban J connectivity index is 1.51. The lowest BCUT2D eigenvalue weighted by Crippen LogP contribution is -2.57. The van der Waals surface area contributed by atoms with E-state index in [1.165, 1.54) is 0 Å². The fraction of sp³-hybridized carbons (Fsp3) is 0.500. The molecule has 3 fully saturated rings. The predicted octanol–water partition coefficient (Wildman–Crippen LogP) is 5.71. The van der Waals surface area contributed by atoms with Gasteiger partial charge < -0.3 is 24.5 Å². The number of likely N-dealkylation sites (tertiary alicyclic amines) is 1. The van der Waals surface area contributed by atoms with Crippen LogP contribution in [0.4, 0.5) is 5.69 Å². The first-order valence-electron chi connectivity index (χ1n) is 17.0. The van der Waals surface area contributed by atoms with Crippen molar-refractivity contribution in [2.75, 3.05) is 37.7 Å². The van der Waals surface area contributed by atoms with E-state index >= 15 is 0 Å². The minimum Gasteiger partial charge on any atom is -0.494 e. The van der Waals surface area contributed by atoms with E-state index < -0.39 is 22.6 Å². The largest absolute Gasteiger partial charge is 0.494 e. The van der Waals surface area contributed by atoms with Gasteiger partial charge in [-0.25, -0.2) is 0 Å². The summed E-state index contributed by atoms with van der Waals surface area (Å²) in [5.74, 6) is -0.612. The highest BCUT2D eigenvalue weighted by Gasteiger charge is 2.76. The summed E-state index contributed by atoms with van der Waals surface area (Å²) in [6, 6.07) is 16.7. The minimum absolute atomic E-state index is 0.0644. The van der Waals surface area contributed by atoms with E-state index in [0.717, 1.165) is 42.7 Å². The zero-order chi connectivity index (χ0) is 33.6. The number of fused-ring (bicyclic) bond motifs is 1. The first-order valence-corrected chi connectivity index (χ1v) is 17.9. The second-order valence-corrected chi connectivity index (χ2v) is 14.4. The molecule has 5 rings (SSSR count). The van der Waals surface area contributed by atoms with Crippen molar-refractivity contribution in [3.05, 3.63) is 85.5 Å². The van der Waals surface area contributed by atoms with Gasteiger partial charge in [-0.2, -0.15) is 0 Å². The van der Waals surface area contributed by atoms with E-state index in [9.17, 15) is 19.5 Å². The maximum atomic E-state index is 14.8. The van der Waals surface area contributed by atoms with Gasteiger partial charge in [-0.1, -0.05) is 62.2 Å². The highest BCUT2D eigenvalue weighted by Crippen LogP contribution is 2.69. The first-order chi connectivity index (χ1) is 22.8. The zero-order valence-electron chi connectivity index (χ0n) is 27.8. The number of carbonyl (C=O) groups is 3. The van der Waals surface area contributed by atoms with E-state index in [1.807, 2.05) is 71.3 Å². The molecule has 8 nitrogen and oxygen atoms in total. The molecule has 1 N–H and O–H groups in total. The van der Waals surface area contributed by atoms with Crippen molar-refractivity contribution in [1.29, 1.82) is 0 Å². The normalized spacial score (nSPS) is 25.8. The van der Waals surface area contributed by atoms with Crippen LogP contribution in [-0.2, 0) is 20.9 Å². The van der Waals surface area contributed by atoms with Gasteiger partial charge in [-0.3, -0.25) is 14.4 Å². The van der Waals surface area contributed by atoms with Gasteiger partial charge in [0.1, 0.15) is 11.8 Å². The van der Waals surface area contributed by atoms with Crippen LogP contribution in [0, 0.1) is 17.8 Å². The molecule has 0 aliphatic carbocycles. The maximum absolute atomic E-state index is 14.8. The van der Waals surface area contributed by atoms with Gasteiger partial charge in [0.25, 0.3) is 0 Å². The molecular weight excluding hydrogens is 611 g/mol. The number of aliphatic hydroxyl groups excluding tert-OH is 1. The molecule has 0 saturated carbocycles. The van der Waals surface area contributed by atoms with Gasteiger partial charge >= 0.3 is 0 Å². The lowest BCUT2D eigenvalue weighted by atomic mass is 9.65. The third kappa shape index (κ3) is 6.74. The highest BCUT2D eigenvalue weighted by atomic mass is 32.2. The Morgan fingerprint density at radius 1 is 1.02 bits per heavy atom. The van der Waals surface area contributed by atoms with Crippen LogP contribution in [0.25, 0.3) is 0 Å². The maximum Gasteiger partial charge on any atom is 0.247 e. The summed E-state index contributed by atoms with van der Waals surface area (Å²) in [6.07, 6.45) is 7.37. The van der Waals surface area contributed by atoms with Crippen LogP contribution in [0.1, 0.15) is 51.5 Å². The topological polar surface area (TPSA) is 90.4 Å². The van der Waals surface area contributed by atoms with Crippen LogP contribution >= 0.6 is 11.8 Å². The molecule has 0 radical (unpaired) electrons. The molecule has 47 heavy (non-hydrogen) atoms. The highest BCUT2D eigenvalue weighted by molar-refractivity contribution is 8.02. The van der Waals surface area contributed by atoms with Crippen molar-refractivity contribution >= 4 is 35.2 Å². The average molecular weight is 660 g/mol. The number of benzene rings is 2. The van der Waals surface area contributed by atoms with Crippen molar-refractivity contribution in [2.24, 2.45) is 17.8 Å². The molecular formula is C38H49N3O5S. The Bertz CT molecular complexity index is 1420. The molecule has 3 aliphatic rings. The van der Waals surface area contributed by atoms with Gasteiger partial charge in [-0.05, 0) is 61.9 Å². The summed E-state index contributed by atoms with van der Waals surface area (Å²) >= 11 is 1.70. The van der Waals surface area contributed by atoms with Gasteiger partial charge in [0.05, 0.1) is 23.2 Å². The number of rotatable bonds is 17. The molecule has 2 aromatic rings. The average Bonchev–Trinajstić information content (AvgIpc) is 3.67. The van der Waals surface area contributed by atoms with E-state index in [4.69, 9.17) is 4.74 Å². The van der Waals surface area contributed by atoms with Crippen molar-refractivity contribution in [2.45, 2.75) is 68.5 Å². The summed E-state index contributed by atoms with van der Waals surface area (Å²) in [4.78, 5) is 49.6. The number of carbonyl (C=O) groups excluding carboxylic acids is 3. The number of aliphatic hydroxyl groups is 1. The third-order valence-corrected chi connectivity index (χ3v) is 12.1. The quantitative estimate of drug-likeness (QED) is 0.173. The standard InChI is InChI=1S/C38H49N3O5S/c1-5-21-39(26-28-15-11-10-12-16-28)37(45)34-38-27(4)25-31(47-38)32(33(38)36(44)41(34)23-13-8-9-14-24-42)35(43)40(22-6-2)29-17-19-30(20-18-29)46-7-3/h5-6,10-12,15-20,27,31-34,42H,1-2,7-9,13-14,21-26H2,3-4H3/t27?,31-,32+,33-,34?,38?/m0/s1. The van der Waals surface area contributed by atoms with Crippen molar-refractivity contribution in [3.8, 4) is 5.75 Å². The second-order valence-electron chi connectivity index (χ2n) is 12.9. The van der Waals surface area contributed by atoms with Crippen LogP contribution in [0.2, 0.25) is 0 Å². The van der Waals surface area contributed by atoms with Gasteiger partial charge in [0, 0.05) is 43.7 Å². The number of anilines is 1. The SMILES string of the molecule is C=CCN(Cc1ccccc1)C(=O)C1N(CCCCCCO)C(=O)[C@@H]2[C@H](C(=O)N(CC=C)c3ccc(OCC)cc3)[C@@H]3CC(C)C12S3. The number of amides is 3. The predicted molar refractivity (Wildman–Crippen MR) is 188 cm³/mol. The summed E-state index contributed by atoms with van der Waals surface area (Å²) in [7, 11) is 0. The van der Waals surface area contributed by atoms with Crippen molar-refractivity contribution in [3.63, 3.8) is 0 Å². The van der Waals surface area contributed by atoms with Crippen LogP contribution in [0.15, 0.2) is 79.9 Å². The molecule has 9 heteroatoms. The first kappa shape index (κ1) is 34.8. The molecule has 3 amide bonds. The van der Waals surface area contributed by atoms with Crippen molar-refractivity contribution in [1.82, 2.24) is 9.80 Å². The summed E-state index contributed by atoms with van der Waals surface area (Å²) in [6.45, 7) is 14.2. The number of nitrogens with zero attached hydrogens (tertiary/aromatic N) is 3. The van der Waals surface area contributed by atoms with Gasteiger partial charge in [0.15, 0.2) is 0 Å². The van der Waals surface area contributed by atoms with Crippen LogP contribution in [-0.4, -0.2) is 81.5 Å². The summed E-state index contributed by atoms with van der Waals surface area (Å²) in [5, 5.41) is 9.22. The Labute approximate surface area is 283 Å². The molecule has 6 atom stereocenters. The van der Waals surface area contributed by atoms with Crippen LogP contribution in [0.3, 0.4) is 0 Å². The van der Waals surface area contributed by atoms with E-state index in [-0.39, 0.29) is 35.5 Å². The number of hydrogen-bond acceptors (Lipinski definition) is 6. The number of thioether (sulfide) groups is 1. The molecule has 3 aliphatic heterocycles. The molecule has 2 bridgehead atoms. The monoisotopic (exact) mass is 659 g/mol. The van der Waals surface area contributed by atoms with Crippen LogP contribution < -0.4 is 9.64 Å². The zero-order valence-corrected chi connectivity index (χ0v) is 28.6. The summed E-state index contributed by atoms with van der Waals surface area (Å²) < 4.78 is 4.92. The lowest BCUT2D eigenvalue weighted by Gasteiger charge is -2.41. The summed E-state index contributed by atoms with van der Waals surface area (Å²) in [5.41, 5.74) is 1.74. The molecule has 252 valence electrons. The lowest BCUT2D eigenvalue weighted by molar-refractivity contribution is -0.143.